The SMILES string of the molecule is O=C(Nc1ccc(NC2CC2)cn1)c1ccc2c(c1)OCO2. The molecule has 2 aliphatic rings. The Morgan fingerprint density at radius 2 is 2.00 bits per heavy atom. The van der Waals surface area contributed by atoms with Gasteiger partial charge in [0.2, 0.25) is 6.79 Å². The maximum absolute atomic E-state index is 12.2. The van der Waals surface area contributed by atoms with Gasteiger partial charge < -0.3 is 20.1 Å². The molecule has 1 aliphatic carbocycles. The molecule has 2 heterocycles. The van der Waals surface area contributed by atoms with E-state index >= 15 is 0 Å². The fourth-order valence-electron chi connectivity index (χ4n) is 2.24. The van der Waals surface area contributed by atoms with Crippen LogP contribution in [0.4, 0.5) is 11.5 Å². The minimum atomic E-state index is -0.228. The summed E-state index contributed by atoms with van der Waals surface area (Å²) in [5.41, 5.74) is 1.48. The van der Waals surface area contributed by atoms with Crippen molar-refractivity contribution in [2.75, 3.05) is 17.4 Å². The molecule has 1 amide bonds. The second-order valence-electron chi connectivity index (χ2n) is 5.37. The van der Waals surface area contributed by atoms with E-state index in [0.717, 1.165) is 5.69 Å². The van der Waals surface area contributed by atoms with Crippen LogP contribution in [0.5, 0.6) is 11.5 Å². The molecule has 1 saturated carbocycles. The highest BCUT2D eigenvalue weighted by atomic mass is 16.7. The van der Waals surface area contributed by atoms with E-state index in [0.29, 0.717) is 28.9 Å². The summed E-state index contributed by atoms with van der Waals surface area (Å²) >= 11 is 0. The average molecular weight is 297 g/mol. The van der Waals surface area contributed by atoms with E-state index in [4.69, 9.17) is 9.47 Å². The lowest BCUT2D eigenvalue weighted by Gasteiger charge is -2.07. The Hall–Kier alpha value is -2.76. The Balaban J connectivity index is 1.44. The van der Waals surface area contributed by atoms with Crippen LogP contribution < -0.4 is 20.1 Å². The summed E-state index contributed by atoms with van der Waals surface area (Å²) in [7, 11) is 0. The van der Waals surface area contributed by atoms with E-state index in [1.807, 2.05) is 6.07 Å². The first-order valence-electron chi connectivity index (χ1n) is 7.21. The number of pyridine rings is 1. The van der Waals surface area contributed by atoms with Gasteiger partial charge in [0, 0.05) is 11.6 Å². The fraction of sp³-hybridized carbons (Fsp3) is 0.250. The first kappa shape index (κ1) is 12.9. The normalized spacial score (nSPS) is 15.5. The summed E-state index contributed by atoms with van der Waals surface area (Å²) in [4.78, 5) is 16.5. The number of anilines is 2. The topological polar surface area (TPSA) is 72.5 Å². The van der Waals surface area contributed by atoms with Crippen LogP contribution in [0, 0.1) is 0 Å². The smallest absolute Gasteiger partial charge is 0.256 e. The molecule has 4 rings (SSSR count). The average Bonchev–Trinajstić information content (AvgIpc) is 3.22. The number of hydrogen-bond donors (Lipinski definition) is 2. The van der Waals surface area contributed by atoms with Gasteiger partial charge in [-0.1, -0.05) is 0 Å². The molecular formula is C16H15N3O3. The lowest BCUT2D eigenvalue weighted by Crippen LogP contribution is -2.13. The molecule has 2 aromatic rings. The predicted octanol–water partition coefficient (Wildman–Crippen LogP) is 2.64. The molecule has 0 spiro atoms. The molecule has 1 fully saturated rings. The molecule has 112 valence electrons. The molecule has 1 aromatic carbocycles. The van der Waals surface area contributed by atoms with Crippen LogP contribution in [0.2, 0.25) is 0 Å². The zero-order valence-corrected chi connectivity index (χ0v) is 11.8. The minimum Gasteiger partial charge on any atom is -0.454 e. The molecule has 0 unspecified atom stereocenters. The molecule has 0 radical (unpaired) electrons. The second-order valence-corrected chi connectivity index (χ2v) is 5.37. The van der Waals surface area contributed by atoms with Gasteiger partial charge in [0.05, 0.1) is 11.9 Å². The molecule has 22 heavy (non-hydrogen) atoms. The van der Waals surface area contributed by atoms with Gasteiger partial charge in [-0.05, 0) is 43.2 Å². The quantitative estimate of drug-likeness (QED) is 0.907. The summed E-state index contributed by atoms with van der Waals surface area (Å²) in [5.74, 6) is 1.53. The van der Waals surface area contributed by atoms with Crippen molar-refractivity contribution in [1.29, 1.82) is 0 Å². The van der Waals surface area contributed by atoms with E-state index in [9.17, 15) is 4.79 Å². The van der Waals surface area contributed by atoms with E-state index < -0.39 is 0 Å². The first-order chi connectivity index (χ1) is 10.8. The number of nitrogens with zero attached hydrogens (tertiary/aromatic N) is 1. The number of fused-ring (bicyclic) bond motifs is 1. The Morgan fingerprint density at radius 1 is 1.14 bits per heavy atom. The van der Waals surface area contributed by atoms with Crippen LogP contribution >= 0.6 is 0 Å². The number of amides is 1. The summed E-state index contributed by atoms with van der Waals surface area (Å²) in [6, 6.07) is 9.38. The van der Waals surface area contributed by atoms with Gasteiger partial charge in [-0.15, -0.1) is 0 Å². The Morgan fingerprint density at radius 3 is 2.77 bits per heavy atom. The number of ether oxygens (including phenoxy) is 2. The second kappa shape index (κ2) is 5.22. The molecule has 2 N–H and O–H groups in total. The molecule has 1 aliphatic heterocycles. The van der Waals surface area contributed by atoms with Gasteiger partial charge in [0.15, 0.2) is 11.5 Å². The van der Waals surface area contributed by atoms with Crippen LogP contribution in [-0.2, 0) is 0 Å². The van der Waals surface area contributed by atoms with E-state index in [2.05, 4.69) is 15.6 Å². The van der Waals surface area contributed by atoms with Gasteiger partial charge in [0.25, 0.3) is 5.91 Å². The van der Waals surface area contributed by atoms with Gasteiger partial charge in [-0.2, -0.15) is 0 Å². The summed E-state index contributed by atoms with van der Waals surface area (Å²) in [5, 5.41) is 6.12. The predicted molar refractivity (Wildman–Crippen MR) is 81.4 cm³/mol. The van der Waals surface area contributed by atoms with Crippen molar-refractivity contribution in [2.24, 2.45) is 0 Å². The van der Waals surface area contributed by atoms with Crippen LogP contribution in [0.1, 0.15) is 23.2 Å². The maximum Gasteiger partial charge on any atom is 0.256 e. The molecule has 6 nitrogen and oxygen atoms in total. The van der Waals surface area contributed by atoms with Crippen LogP contribution in [0.25, 0.3) is 0 Å². The van der Waals surface area contributed by atoms with Crippen molar-refractivity contribution in [3.05, 3.63) is 42.1 Å². The first-order valence-corrected chi connectivity index (χ1v) is 7.21. The number of benzene rings is 1. The van der Waals surface area contributed by atoms with Gasteiger partial charge in [-0.25, -0.2) is 4.98 Å². The number of carbonyl (C=O) groups excluding carboxylic acids is 1. The van der Waals surface area contributed by atoms with Crippen LogP contribution in [-0.4, -0.2) is 23.7 Å². The minimum absolute atomic E-state index is 0.192. The lowest BCUT2D eigenvalue weighted by atomic mass is 10.2. The highest BCUT2D eigenvalue weighted by molar-refractivity contribution is 6.04. The standard InChI is InChI=1S/C16H15N3O3/c20-16(10-1-5-13-14(7-10)22-9-21-13)19-15-6-4-12(8-17-15)18-11-2-3-11/h1,4-8,11,18H,2-3,9H2,(H,17,19,20). The van der Waals surface area contributed by atoms with Crippen LogP contribution in [0.3, 0.4) is 0 Å². The number of carbonyl (C=O) groups is 1. The molecule has 0 saturated heterocycles. The van der Waals surface area contributed by atoms with E-state index in [-0.39, 0.29) is 12.7 Å². The summed E-state index contributed by atoms with van der Waals surface area (Å²) in [6.45, 7) is 0.192. The van der Waals surface area contributed by atoms with Gasteiger partial charge in [-0.3, -0.25) is 4.79 Å². The highest BCUT2D eigenvalue weighted by Crippen LogP contribution is 2.32. The maximum atomic E-state index is 12.2. The zero-order valence-electron chi connectivity index (χ0n) is 11.8. The van der Waals surface area contributed by atoms with Crippen molar-refractivity contribution in [1.82, 2.24) is 4.98 Å². The number of hydrogen-bond acceptors (Lipinski definition) is 5. The zero-order chi connectivity index (χ0) is 14.9. The Labute approximate surface area is 127 Å². The van der Waals surface area contributed by atoms with E-state index in [1.165, 1.54) is 12.8 Å². The van der Waals surface area contributed by atoms with Crippen molar-refractivity contribution in [3.8, 4) is 11.5 Å². The molecule has 0 bridgehead atoms. The van der Waals surface area contributed by atoms with Crippen molar-refractivity contribution in [2.45, 2.75) is 18.9 Å². The monoisotopic (exact) mass is 297 g/mol. The third kappa shape index (κ3) is 2.67. The van der Waals surface area contributed by atoms with Crippen LogP contribution in [0.15, 0.2) is 36.5 Å². The summed E-state index contributed by atoms with van der Waals surface area (Å²) < 4.78 is 10.5. The number of nitrogens with one attached hydrogen (secondary N) is 2. The van der Waals surface area contributed by atoms with Gasteiger partial charge >= 0.3 is 0 Å². The van der Waals surface area contributed by atoms with E-state index in [1.54, 1.807) is 30.5 Å². The van der Waals surface area contributed by atoms with Crippen molar-refractivity contribution < 1.29 is 14.3 Å². The number of rotatable bonds is 4. The highest BCUT2D eigenvalue weighted by Gasteiger charge is 2.21. The third-order valence-electron chi connectivity index (χ3n) is 3.59. The molecule has 1 aromatic heterocycles. The lowest BCUT2D eigenvalue weighted by molar-refractivity contribution is 0.102. The Kier molecular flexibility index (Phi) is 3.07. The molecule has 0 atom stereocenters. The van der Waals surface area contributed by atoms with Crippen molar-refractivity contribution in [3.63, 3.8) is 0 Å². The molecule has 6 heteroatoms. The Bertz CT molecular complexity index is 711. The van der Waals surface area contributed by atoms with Crippen molar-refractivity contribution >= 4 is 17.4 Å². The van der Waals surface area contributed by atoms with Gasteiger partial charge in [0.1, 0.15) is 5.82 Å². The number of aromatic nitrogens is 1. The molecular weight excluding hydrogens is 282 g/mol. The fourth-order valence-corrected chi connectivity index (χ4v) is 2.24. The largest absolute Gasteiger partial charge is 0.454 e. The third-order valence-corrected chi connectivity index (χ3v) is 3.59. The summed E-state index contributed by atoms with van der Waals surface area (Å²) in [6.07, 6.45) is 4.15.